The SMILES string of the molecule is CCCCCOCCCCCCCCCCc1ccc(O)c(O)c1. The van der Waals surface area contributed by atoms with Gasteiger partial charge in [-0.25, -0.2) is 0 Å². The molecule has 0 unspecified atom stereocenters. The second-order valence-corrected chi connectivity index (χ2v) is 6.72. The number of phenols is 2. The minimum atomic E-state index is -0.0369. The van der Waals surface area contributed by atoms with E-state index in [0.717, 1.165) is 31.6 Å². The maximum absolute atomic E-state index is 9.46. The number of benzene rings is 1. The molecule has 2 N–H and O–H groups in total. The Morgan fingerprint density at radius 2 is 1.29 bits per heavy atom. The number of aromatic hydroxyl groups is 2. The fourth-order valence-electron chi connectivity index (χ4n) is 2.87. The van der Waals surface area contributed by atoms with Gasteiger partial charge in [0.1, 0.15) is 0 Å². The Bertz CT molecular complexity index is 418. The van der Waals surface area contributed by atoms with Crippen LogP contribution in [0.15, 0.2) is 18.2 Å². The van der Waals surface area contributed by atoms with Crippen LogP contribution in [0.25, 0.3) is 0 Å². The molecular formula is C21H36O3. The predicted molar refractivity (Wildman–Crippen MR) is 101 cm³/mol. The highest BCUT2D eigenvalue weighted by molar-refractivity contribution is 5.40. The summed E-state index contributed by atoms with van der Waals surface area (Å²) in [7, 11) is 0. The lowest BCUT2D eigenvalue weighted by Crippen LogP contribution is -1.96. The summed E-state index contributed by atoms with van der Waals surface area (Å²) in [5.74, 6) is -0.0491. The van der Waals surface area contributed by atoms with Gasteiger partial charge in [-0.1, -0.05) is 64.4 Å². The quantitative estimate of drug-likeness (QED) is 0.306. The Morgan fingerprint density at radius 1 is 0.708 bits per heavy atom. The van der Waals surface area contributed by atoms with E-state index in [-0.39, 0.29) is 11.5 Å². The van der Waals surface area contributed by atoms with Gasteiger partial charge in [0.25, 0.3) is 0 Å². The number of hydrogen-bond donors (Lipinski definition) is 2. The smallest absolute Gasteiger partial charge is 0.157 e. The summed E-state index contributed by atoms with van der Waals surface area (Å²) in [5.41, 5.74) is 1.10. The average Bonchev–Trinajstić information content (AvgIpc) is 2.58. The molecule has 0 heterocycles. The van der Waals surface area contributed by atoms with Crippen molar-refractivity contribution in [2.45, 2.75) is 84.0 Å². The van der Waals surface area contributed by atoms with Crippen LogP contribution >= 0.6 is 0 Å². The van der Waals surface area contributed by atoms with Crippen molar-refractivity contribution in [1.82, 2.24) is 0 Å². The average molecular weight is 337 g/mol. The molecule has 3 heteroatoms. The van der Waals surface area contributed by atoms with E-state index in [2.05, 4.69) is 6.92 Å². The Balaban J connectivity index is 1.83. The lowest BCUT2D eigenvalue weighted by atomic mass is 10.0. The zero-order valence-corrected chi connectivity index (χ0v) is 15.4. The summed E-state index contributed by atoms with van der Waals surface area (Å²) in [4.78, 5) is 0. The zero-order valence-electron chi connectivity index (χ0n) is 15.4. The molecule has 0 atom stereocenters. The maximum atomic E-state index is 9.46. The van der Waals surface area contributed by atoms with Crippen LogP contribution in [-0.2, 0) is 11.2 Å². The largest absolute Gasteiger partial charge is 0.504 e. The molecule has 0 saturated carbocycles. The van der Waals surface area contributed by atoms with E-state index in [1.54, 1.807) is 12.1 Å². The molecule has 0 aliphatic heterocycles. The molecule has 138 valence electrons. The minimum Gasteiger partial charge on any atom is -0.504 e. The first-order valence-corrected chi connectivity index (χ1v) is 9.82. The van der Waals surface area contributed by atoms with E-state index in [1.807, 2.05) is 6.07 Å². The lowest BCUT2D eigenvalue weighted by Gasteiger charge is -2.05. The molecule has 0 amide bonds. The highest BCUT2D eigenvalue weighted by Gasteiger charge is 2.00. The number of aryl methyl sites for hydroxylation is 1. The van der Waals surface area contributed by atoms with E-state index < -0.39 is 0 Å². The van der Waals surface area contributed by atoms with Gasteiger partial charge in [-0.15, -0.1) is 0 Å². The molecular weight excluding hydrogens is 300 g/mol. The molecule has 24 heavy (non-hydrogen) atoms. The van der Waals surface area contributed by atoms with Crippen molar-refractivity contribution in [3.8, 4) is 11.5 Å². The molecule has 0 aliphatic rings. The van der Waals surface area contributed by atoms with Crippen molar-refractivity contribution in [3.05, 3.63) is 23.8 Å². The highest BCUT2D eigenvalue weighted by atomic mass is 16.5. The Morgan fingerprint density at radius 3 is 1.92 bits per heavy atom. The number of rotatable bonds is 15. The third kappa shape index (κ3) is 10.5. The molecule has 0 aromatic heterocycles. The normalized spacial score (nSPS) is 11.0. The Kier molecular flexibility index (Phi) is 12.3. The van der Waals surface area contributed by atoms with Gasteiger partial charge in [0.2, 0.25) is 0 Å². The third-order valence-corrected chi connectivity index (χ3v) is 4.44. The standard InChI is InChI=1S/C21H36O3/c1-2-3-11-16-24-17-12-9-7-5-4-6-8-10-13-19-14-15-20(22)21(23)18-19/h14-15,18,22-23H,2-13,16-17H2,1H3. The lowest BCUT2D eigenvalue weighted by molar-refractivity contribution is 0.126. The van der Waals surface area contributed by atoms with E-state index in [4.69, 9.17) is 4.74 Å². The van der Waals surface area contributed by atoms with E-state index in [0.29, 0.717) is 0 Å². The predicted octanol–water partition coefficient (Wildman–Crippen LogP) is 5.97. The molecule has 0 bridgehead atoms. The fraction of sp³-hybridized carbons (Fsp3) is 0.714. The summed E-state index contributed by atoms with van der Waals surface area (Å²) < 4.78 is 5.62. The van der Waals surface area contributed by atoms with E-state index >= 15 is 0 Å². The van der Waals surface area contributed by atoms with Crippen LogP contribution in [0, 0.1) is 0 Å². The van der Waals surface area contributed by atoms with Crippen molar-refractivity contribution in [1.29, 1.82) is 0 Å². The minimum absolute atomic E-state index is 0.0122. The van der Waals surface area contributed by atoms with Crippen LogP contribution in [0.5, 0.6) is 11.5 Å². The van der Waals surface area contributed by atoms with Crippen LogP contribution in [0.3, 0.4) is 0 Å². The van der Waals surface area contributed by atoms with Gasteiger partial charge in [-0.2, -0.15) is 0 Å². The Labute approximate surface area is 148 Å². The maximum Gasteiger partial charge on any atom is 0.157 e. The molecule has 0 spiro atoms. The molecule has 1 rings (SSSR count). The van der Waals surface area contributed by atoms with E-state index in [1.165, 1.54) is 64.2 Å². The van der Waals surface area contributed by atoms with Crippen LogP contribution in [0.1, 0.15) is 83.1 Å². The van der Waals surface area contributed by atoms with Gasteiger partial charge in [-0.05, 0) is 43.4 Å². The van der Waals surface area contributed by atoms with Gasteiger partial charge < -0.3 is 14.9 Å². The summed E-state index contributed by atoms with van der Waals surface area (Å²) in [6.45, 7) is 4.09. The molecule has 0 aliphatic carbocycles. The summed E-state index contributed by atoms with van der Waals surface area (Å²) in [6, 6.07) is 5.12. The molecule has 0 radical (unpaired) electrons. The highest BCUT2D eigenvalue weighted by Crippen LogP contribution is 2.25. The summed E-state index contributed by atoms with van der Waals surface area (Å²) >= 11 is 0. The van der Waals surface area contributed by atoms with Crippen molar-refractivity contribution >= 4 is 0 Å². The van der Waals surface area contributed by atoms with Gasteiger partial charge in [0, 0.05) is 13.2 Å². The van der Waals surface area contributed by atoms with Gasteiger partial charge in [0.15, 0.2) is 11.5 Å². The Hall–Kier alpha value is -1.22. The molecule has 3 nitrogen and oxygen atoms in total. The number of hydrogen-bond acceptors (Lipinski definition) is 3. The second-order valence-electron chi connectivity index (χ2n) is 6.72. The summed E-state index contributed by atoms with van der Waals surface area (Å²) in [6.07, 6.45) is 14.9. The first kappa shape index (κ1) is 20.8. The number of unbranched alkanes of at least 4 members (excludes halogenated alkanes) is 9. The third-order valence-electron chi connectivity index (χ3n) is 4.44. The van der Waals surface area contributed by atoms with Crippen molar-refractivity contribution in [2.24, 2.45) is 0 Å². The van der Waals surface area contributed by atoms with Crippen molar-refractivity contribution in [2.75, 3.05) is 13.2 Å². The molecule has 0 fully saturated rings. The molecule has 1 aromatic carbocycles. The molecule has 1 aromatic rings. The van der Waals surface area contributed by atoms with Crippen LogP contribution < -0.4 is 0 Å². The van der Waals surface area contributed by atoms with Gasteiger partial charge in [0.05, 0.1) is 0 Å². The topological polar surface area (TPSA) is 49.7 Å². The van der Waals surface area contributed by atoms with Gasteiger partial charge in [-0.3, -0.25) is 0 Å². The van der Waals surface area contributed by atoms with Crippen LogP contribution in [0.2, 0.25) is 0 Å². The fourth-order valence-corrected chi connectivity index (χ4v) is 2.87. The van der Waals surface area contributed by atoms with Crippen LogP contribution in [0.4, 0.5) is 0 Å². The monoisotopic (exact) mass is 336 g/mol. The van der Waals surface area contributed by atoms with Crippen molar-refractivity contribution < 1.29 is 14.9 Å². The van der Waals surface area contributed by atoms with Crippen molar-refractivity contribution in [3.63, 3.8) is 0 Å². The van der Waals surface area contributed by atoms with Gasteiger partial charge >= 0.3 is 0 Å². The second kappa shape index (κ2) is 14.2. The van der Waals surface area contributed by atoms with Crippen LogP contribution in [-0.4, -0.2) is 23.4 Å². The zero-order chi connectivity index (χ0) is 17.5. The first-order chi connectivity index (χ1) is 11.7. The number of phenolic OH excluding ortho intramolecular Hbond substituents is 2. The summed E-state index contributed by atoms with van der Waals surface area (Å²) in [5, 5.41) is 18.7. The first-order valence-electron chi connectivity index (χ1n) is 9.82. The number of ether oxygens (including phenoxy) is 1. The molecule has 0 saturated heterocycles. The van der Waals surface area contributed by atoms with E-state index in [9.17, 15) is 10.2 Å².